The number of pyridine rings is 1. The van der Waals surface area contributed by atoms with Crippen LogP contribution in [0.5, 0.6) is 0 Å². The molecule has 1 aromatic heterocycles. The highest BCUT2D eigenvalue weighted by Gasteiger charge is 2.32. The summed E-state index contributed by atoms with van der Waals surface area (Å²) in [6.07, 6.45) is 5.75. The van der Waals surface area contributed by atoms with E-state index in [0.717, 1.165) is 57.6 Å². The SMILES string of the molecule is CC(C)N(C)CC(=O)N1CCC(N2CCCC(C(=O)NCc3ccccn3)C2)CC1. The molecule has 2 saturated heterocycles. The molecule has 2 aliphatic rings. The number of piperidine rings is 2. The maximum absolute atomic E-state index is 12.7. The Morgan fingerprint density at radius 1 is 1.20 bits per heavy atom. The average molecular weight is 416 g/mol. The molecule has 3 rings (SSSR count). The maximum atomic E-state index is 12.7. The Morgan fingerprint density at radius 2 is 1.97 bits per heavy atom. The van der Waals surface area contributed by atoms with Crippen LogP contribution in [0.15, 0.2) is 24.4 Å². The van der Waals surface area contributed by atoms with E-state index in [1.807, 2.05) is 30.1 Å². The van der Waals surface area contributed by atoms with Crippen LogP contribution in [0.25, 0.3) is 0 Å². The molecular weight excluding hydrogens is 378 g/mol. The first-order valence-electron chi connectivity index (χ1n) is 11.3. The number of carbonyl (C=O) groups excluding carboxylic acids is 2. The average Bonchev–Trinajstić information content (AvgIpc) is 2.78. The van der Waals surface area contributed by atoms with Crippen molar-refractivity contribution in [2.75, 3.05) is 39.8 Å². The Labute approximate surface area is 180 Å². The summed E-state index contributed by atoms with van der Waals surface area (Å²) in [5.74, 6) is 0.409. The second-order valence-electron chi connectivity index (χ2n) is 8.99. The lowest BCUT2D eigenvalue weighted by atomic mass is 9.93. The fraction of sp³-hybridized carbons (Fsp3) is 0.696. The van der Waals surface area contributed by atoms with Crippen LogP contribution in [0.4, 0.5) is 0 Å². The quantitative estimate of drug-likeness (QED) is 0.735. The zero-order chi connectivity index (χ0) is 21.5. The first-order chi connectivity index (χ1) is 14.4. The third kappa shape index (κ3) is 6.25. The lowest BCUT2D eigenvalue weighted by Gasteiger charge is -2.42. The van der Waals surface area contributed by atoms with Crippen molar-refractivity contribution in [2.24, 2.45) is 5.92 Å². The predicted octanol–water partition coefficient (Wildman–Crippen LogP) is 1.74. The van der Waals surface area contributed by atoms with E-state index in [1.54, 1.807) is 6.20 Å². The molecular formula is C23H37N5O2. The molecule has 2 fully saturated rings. The van der Waals surface area contributed by atoms with Gasteiger partial charge in [-0.25, -0.2) is 0 Å². The third-order valence-corrected chi connectivity index (χ3v) is 6.59. The van der Waals surface area contributed by atoms with Gasteiger partial charge in [0, 0.05) is 37.9 Å². The second-order valence-corrected chi connectivity index (χ2v) is 8.99. The lowest BCUT2D eigenvalue weighted by Crippen LogP contribution is -2.52. The summed E-state index contributed by atoms with van der Waals surface area (Å²) < 4.78 is 0. The number of likely N-dealkylation sites (N-methyl/N-ethyl adjacent to an activating group) is 1. The number of likely N-dealkylation sites (tertiary alicyclic amines) is 2. The molecule has 7 nitrogen and oxygen atoms in total. The van der Waals surface area contributed by atoms with Gasteiger partial charge in [-0.1, -0.05) is 6.07 Å². The minimum absolute atomic E-state index is 0.0433. The van der Waals surface area contributed by atoms with E-state index in [-0.39, 0.29) is 17.7 Å². The highest BCUT2D eigenvalue weighted by molar-refractivity contribution is 5.79. The van der Waals surface area contributed by atoms with E-state index < -0.39 is 0 Å². The van der Waals surface area contributed by atoms with E-state index in [1.165, 1.54) is 0 Å². The smallest absolute Gasteiger partial charge is 0.236 e. The molecule has 30 heavy (non-hydrogen) atoms. The van der Waals surface area contributed by atoms with Crippen molar-refractivity contribution in [1.29, 1.82) is 0 Å². The molecule has 0 aliphatic carbocycles. The zero-order valence-corrected chi connectivity index (χ0v) is 18.7. The van der Waals surface area contributed by atoms with Crippen LogP contribution in [0.2, 0.25) is 0 Å². The third-order valence-electron chi connectivity index (χ3n) is 6.59. The van der Waals surface area contributed by atoms with Gasteiger partial charge in [-0.05, 0) is 65.3 Å². The van der Waals surface area contributed by atoms with Crippen molar-refractivity contribution in [2.45, 2.75) is 58.2 Å². The van der Waals surface area contributed by atoms with Gasteiger partial charge >= 0.3 is 0 Å². The number of carbonyl (C=O) groups is 2. The second kappa shape index (κ2) is 10.9. The summed E-state index contributed by atoms with van der Waals surface area (Å²) in [7, 11) is 2.00. The van der Waals surface area contributed by atoms with Gasteiger partial charge < -0.3 is 10.2 Å². The van der Waals surface area contributed by atoms with Crippen LogP contribution < -0.4 is 5.32 Å². The largest absolute Gasteiger partial charge is 0.350 e. The zero-order valence-electron chi connectivity index (χ0n) is 18.7. The summed E-state index contributed by atoms with van der Waals surface area (Å²) in [4.78, 5) is 36.1. The Balaban J connectivity index is 1.43. The Kier molecular flexibility index (Phi) is 8.22. The van der Waals surface area contributed by atoms with E-state index in [9.17, 15) is 9.59 Å². The van der Waals surface area contributed by atoms with Crippen LogP contribution in [-0.2, 0) is 16.1 Å². The fourth-order valence-corrected chi connectivity index (χ4v) is 4.35. The summed E-state index contributed by atoms with van der Waals surface area (Å²) >= 11 is 0. The molecule has 0 saturated carbocycles. The van der Waals surface area contributed by atoms with Crippen LogP contribution in [-0.4, -0.2) is 83.4 Å². The molecule has 1 atom stereocenters. The minimum atomic E-state index is 0.0433. The number of hydrogen-bond acceptors (Lipinski definition) is 5. The van der Waals surface area contributed by atoms with Gasteiger partial charge in [-0.2, -0.15) is 0 Å². The minimum Gasteiger partial charge on any atom is -0.350 e. The number of amides is 2. The summed E-state index contributed by atoms with van der Waals surface area (Å²) in [5, 5.41) is 3.06. The first-order valence-corrected chi connectivity index (χ1v) is 11.3. The summed E-state index contributed by atoms with van der Waals surface area (Å²) in [5.41, 5.74) is 0.888. The van der Waals surface area contributed by atoms with Gasteiger partial charge in [-0.3, -0.25) is 24.4 Å². The van der Waals surface area contributed by atoms with Crippen molar-refractivity contribution in [1.82, 2.24) is 25.0 Å². The number of nitrogens with zero attached hydrogens (tertiary/aromatic N) is 4. The molecule has 1 N–H and O–H groups in total. The molecule has 0 aromatic carbocycles. The highest BCUT2D eigenvalue weighted by atomic mass is 16.2. The normalized spacial score (nSPS) is 21.2. The van der Waals surface area contributed by atoms with Crippen LogP contribution in [0.1, 0.15) is 45.2 Å². The fourth-order valence-electron chi connectivity index (χ4n) is 4.35. The molecule has 166 valence electrons. The van der Waals surface area contributed by atoms with Crippen LogP contribution in [0, 0.1) is 5.92 Å². The number of nitrogens with one attached hydrogen (secondary N) is 1. The lowest BCUT2D eigenvalue weighted by molar-refractivity contribution is -0.134. The number of hydrogen-bond donors (Lipinski definition) is 1. The molecule has 0 radical (unpaired) electrons. The van der Waals surface area contributed by atoms with Crippen molar-refractivity contribution in [3.63, 3.8) is 0 Å². The van der Waals surface area contributed by atoms with Crippen molar-refractivity contribution in [3.8, 4) is 0 Å². The van der Waals surface area contributed by atoms with Crippen LogP contribution >= 0.6 is 0 Å². The first kappa shape index (κ1) is 22.7. The Hall–Kier alpha value is -1.99. The van der Waals surface area contributed by atoms with E-state index in [2.05, 4.69) is 33.9 Å². The molecule has 3 heterocycles. The molecule has 0 bridgehead atoms. The van der Waals surface area contributed by atoms with Gasteiger partial charge in [0.1, 0.15) is 0 Å². The monoisotopic (exact) mass is 415 g/mol. The van der Waals surface area contributed by atoms with Gasteiger partial charge in [0.25, 0.3) is 0 Å². The summed E-state index contributed by atoms with van der Waals surface area (Å²) in [6, 6.07) is 6.60. The molecule has 1 aromatic rings. The Morgan fingerprint density at radius 3 is 2.63 bits per heavy atom. The van der Waals surface area contributed by atoms with Gasteiger partial charge in [0.2, 0.25) is 11.8 Å². The van der Waals surface area contributed by atoms with Crippen molar-refractivity contribution < 1.29 is 9.59 Å². The number of aromatic nitrogens is 1. The standard InChI is InChI=1S/C23H37N5O2/c1-18(2)26(3)17-22(29)27-13-9-21(10-14-27)28-12-6-7-19(16-28)23(30)25-15-20-8-4-5-11-24-20/h4-5,8,11,18-19,21H,6-7,9-10,12-17H2,1-3H3,(H,25,30). The van der Waals surface area contributed by atoms with Crippen molar-refractivity contribution >= 4 is 11.8 Å². The van der Waals surface area contributed by atoms with Gasteiger partial charge in [-0.15, -0.1) is 0 Å². The van der Waals surface area contributed by atoms with Gasteiger partial charge in [0.15, 0.2) is 0 Å². The molecule has 2 aliphatic heterocycles. The van der Waals surface area contributed by atoms with E-state index >= 15 is 0 Å². The molecule has 0 spiro atoms. The predicted molar refractivity (Wildman–Crippen MR) is 118 cm³/mol. The van der Waals surface area contributed by atoms with Crippen molar-refractivity contribution in [3.05, 3.63) is 30.1 Å². The van der Waals surface area contributed by atoms with Crippen LogP contribution in [0.3, 0.4) is 0 Å². The van der Waals surface area contributed by atoms with E-state index in [4.69, 9.17) is 0 Å². The molecule has 7 heteroatoms. The maximum Gasteiger partial charge on any atom is 0.236 e. The topological polar surface area (TPSA) is 68.8 Å². The highest BCUT2D eigenvalue weighted by Crippen LogP contribution is 2.24. The molecule has 2 amide bonds. The Bertz CT molecular complexity index is 688. The van der Waals surface area contributed by atoms with E-state index in [0.29, 0.717) is 25.2 Å². The summed E-state index contributed by atoms with van der Waals surface area (Å²) in [6.45, 7) is 8.72. The number of rotatable bonds is 7. The molecule has 1 unspecified atom stereocenters. The van der Waals surface area contributed by atoms with Gasteiger partial charge in [0.05, 0.1) is 24.7 Å².